The van der Waals surface area contributed by atoms with Gasteiger partial charge >= 0.3 is 0 Å². The summed E-state index contributed by atoms with van der Waals surface area (Å²) >= 11 is 0. The highest BCUT2D eigenvalue weighted by Gasteiger charge is 2.15. The molecular formula is C13H18N2O4. The highest BCUT2D eigenvalue weighted by Crippen LogP contribution is 2.07. The maximum atomic E-state index is 12.2. The minimum absolute atomic E-state index is 0.116. The zero-order valence-corrected chi connectivity index (χ0v) is 10.8. The van der Waals surface area contributed by atoms with E-state index in [1.807, 2.05) is 0 Å². The predicted molar refractivity (Wildman–Crippen MR) is 69.8 cm³/mol. The number of amides is 2. The Balaban J connectivity index is 2.80. The fourth-order valence-electron chi connectivity index (χ4n) is 1.60. The molecule has 1 aromatic carbocycles. The van der Waals surface area contributed by atoms with E-state index in [1.54, 1.807) is 19.2 Å². The molecule has 0 atom stereocenters. The maximum Gasteiger partial charge on any atom is 0.254 e. The Morgan fingerprint density at radius 2 is 1.79 bits per heavy atom. The van der Waals surface area contributed by atoms with Gasteiger partial charge in [0.05, 0.1) is 13.2 Å². The van der Waals surface area contributed by atoms with E-state index in [9.17, 15) is 9.59 Å². The molecule has 0 saturated carbocycles. The number of aliphatic hydroxyl groups is 1. The molecule has 0 saturated heterocycles. The molecule has 1 rings (SSSR count). The molecule has 19 heavy (non-hydrogen) atoms. The summed E-state index contributed by atoms with van der Waals surface area (Å²) in [6, 6.07) is 6.09. The summed E-state index contributed by atoms with van der Waals surface area (Å²) in [5.41, 5.74) is 5.92. The van der Waals surface area contributed by atoms with Crippen molar-refractivity contribution >= 4 is 11.8 Å². The lowest BCUT2D eigenvalue weighted by Gasteiger charge is -2.21. The normalized spacial score (nSPS) is 10.2. The molecule has 0 fully saturated rings. The molecule has 104 valence electrons. The molecule has 0 aromatic heterocycles. The summed E-state index contributed by atoms with van der Waals surface area (Å²) in [4.78, 5) is 24.6. The number of methoxy groups -OCH3 is 1. The number of carbonyl (C=O) groups is 2. The van der Waals surface area contributed by atoms with Crippen LogP contribution in [-0.4, -0.2) is 55.2 Å². The first-order valence-corrected chi connectivity index (χ1v) is 5.89. The highest BCUT2D eigenvalue weighted by molar-refractivity contribution is 5.97. The van der Waals surface area contributed by atoms with E-state index < -0.39 is 5.91 Å². The smallest absolute Gasteiger partial charge is 0.254 e. The Morgan fingerprint density at radius 3 is 2.26 bits per heavy atom. The highest BCUT2D eigenvalue weighted by atomic mass is 16.5. The van der Waals surface area contributed by atoms with Crippen LogP contribution >= 0.6 is 0 Å². The van der Waals surface area contributed by atoms with Crippen LogP contribution in [0.25, 0.3) is 0 Å². The largest absolute Gasteiger partial charge is 0.395 e. The van der Waals surface area contributed by atoms with Gasteiger partial charge in [-0.25, -0.2) is 0 Å². The fourth-order valence-corrected chi connectivity index (χ4v) is 1.60. The second kappa shape index (κ2) is 7.50. The average molecular weight is 266 g/mol. The van der Waals surface area contributed by atoms with Gasteiger partial charge in [-0.15, -0.1) is 0 Å². The van der Waals surface area contributed by atoms with Gasteiger partial charge in [-0.3, -0.25) is 9.59 Å². The molecule has 0 heterocycles. The van der Waals surface area contributed by atoms with Gasteiger partial charge in [0.2, 0.25) is 5.91 Å². The number of rotatable bonds is 7. The minimum atomic E-state index is -0.536. The molecule has 2 amide bonds. The third-order valence-corrected chi connectivity index (χ3v) is 2.64. The molecule has 1 aromatic rings. The topological polar surface area (TPSA) is 92.9 Å². The second-order valence-corrected chi connectivity index (χ2v) is 3.95. The Labute approximate surface area is 111 Å². The lowest BCUT2D eigenvalue weighted by Crippen LogP contribution is -2.36. The Hall–Kier alpha value is -1.92. The van der Waals surface area contributed by atoms with Crippen molar-refractivity contribution < 1.29 is 19.4 Å². The van der Waals surface area contributed by atoms with E-state index >= 15 is 0 Å². The third kappa shape index (κ3) is 4.35. The summed E-state index contributed by atoms with van der Waals surface area (Å²) < 4.78 is 4.92. The number of ether oxygens (including phenoxy) is 1. The van der Waals surface area contributed by atoms with Gasteiger partial charge in [-0.1, -0.05) is 0 Å². The van der Waals surface area contributed by atoms with E-state index in [4.69, 9.17) is 15.6 Å². The molecule has 0 unspecified atom stereocenters. The van der Waals surface area contributed by atoms with Crippen LogP contribution in [0.4, 0.5) is 0 Å². The molecule has 0 radical (unpaired) electrons. The number of hydrogen-bond donors (Lipinski definition) is 2. The Morgan fingerprint density at radius 1 is 1.21 bits per heavy atom. The number of carbonyl (C=O) groups excluding carboxylic acids is 2. The summed E-state index contributed by atoms with van der Waals surface area (Å²) in [6.07, 6.45) is 0. The summed E-state index contributed by atoms with van der Waals surface area (Å²) in [6.45, 7) is 0.910. The van der Waals surface area contributed by atoms with Crippen molar-refractivity contribution in [1.82, 2.24) is 4.90 Å². The van der Waals surface area contributed by atoms with Crippen LogP contribution in [0.5, 0.6) is 0 Å². The van der Waals surface area contributed by atoms with Crippen LogP contribution in [0.1, 0.15) is 20.7 Å². The van der Waals surface area contributed by atoms with E-state index in [0.717, 1.165) is 0 Å². The quantitative estimate of drug-likeness (QED) is 0.718. The molecule has 0 aliphatic heterocycles. The second-order valence-electron chi connectivity index (χ2n) is 3.95. The van der Waals surface area contributed by atoms with Gasteiger partial charge in [0.15, 0.2) is 0 Å². The molecule has 0 aliphatic carbocycles. The molecule has 6 heteroatoms. The molecule has 3 N–H and O–H groups in total. The first kappa shape index (κ1) is 15.1. The van der Waals surface area contributed by atoms with Crippen LogP contribution in [0.15, 0.2) is 24.3 Å². The van der Waals surface area contributed by atoms with E-state index in [0.29, 0.717) is 24.3 Å². The van der Waals surface area contributed by atoms with E-state index in [-0.39, 0.29) is 19.1 Å². The monoisotopic (exact) mass is 266 g/mol. The zero-order chi connectivity index (χ0) is 14.3. The predicted octanol–water partition coefficient (Wildman–Crippen LogP) is -0.134. The zero-order valence-electron chi connectivity index (χ0n) is 10.8. The van der Waals surface area contributed by atoms with Gasteiger partial charge in [0.25, 0.3) is 5.91 Å². The first-order chi connectivity index (χ1) is 9.10. The SMILES string of the molecule is COCCN(CCO)C(=O)c1ccc(C(N)=O)cc1. The van der Waals surface area contributed by atoms with Gasteiger partial charge in [-0.2, -0.15) is 0 Å². The van der Waals surface area contributed by atoms with E-state index in [2.05, 4.69) is 0 Å². The van der Waals surface area contributed by atoms with Gasteiger partial charge in [0.1, 0.15) is 0 Å². The van der Waals surface area contributed by atoms with Crippen LogP contribution in [-0.2, 0) is 4.74 Å². The van der Waals surface area contributed by atoms with Crippen molar-refractivity contribution in [2.24, 2.45) is 5.73 Å². The molecule has 0 spiro atoms. The van der Waals surface area contributed by atoms with Crippen LogP contribution in [0.3, 0.4) is 0 Å². The van der Waals surface area contributed by atoms with Crippen molar-refractivity contribution in [3.63, 3.8) is 0 Å². The maximum absolute atomic E-state index is 12.2. The number of hydrogen-bond acceptors (Lipinski definition) is 4. The number of aliphatic hydroxyl groups excluding tert-OH is 1. The average Bonchev–Trinajstić information content (AvgIpc) is 2.42. The lowest BCUT2D eigenvalue weighted by atomic mass is 10.1. The van der Waals surface area contributed by atoms with Crippen molar-refractivity contribution in [2.45, 2.75) is 0 Å². The minimum Gasteiger partial charge on any atom is -0.395 e. The van der Waals surface area contributed by atoms with Crippen LogP contribution < -0.4 is 5.73 Å². The summed E-state index contributed by atoms with van der Waals surface area (Å²) in [7, 11) is 1.54. The van der Waals surface area contributed by atoms with Crippen molar-refractivity contribution in [2.75, 3.05) is 33.4 Å². The number of nitrogens with two attached hydrogens (primary N) is 1. The fraction of sp³-hybridized carbons (Fsp3) is 0.385. The Bertz CT molecular complexity index is 431. The van der Waals surface area contributed by atoms with Crippen LogP contribution in [0.2, 0.25) is 0 Å². The van der Waals surface area contributed by atoms with Crippen molar-refractivity contribution in [3.05, 3.63) is 35.4 Å². The molecule has 6 nitrogen and oxygen atoms in total. The lowest BCUT2D eigenvalue weighted by molar-refractivity contribution is 0.0656. The van der Waals surface area contributed by atoms with Crippen LogP contribution in [0, 0.1) is 0 Å². The van der Waals surface area contributed by atoms with Gasteiger partial charge in [-0.05, 0) is 24.3 Å². The molecule has 0 bridgehead atoms. The van der Waals surface area contributed by atoms with E-state index in [1.165, 1.54) is 17.0 Å². The number of primary amides is 1. The summed E-state index contributed by atoms with van der Waals surface area (Å²) in [5, 5.41) is 8.95. The standard InChI is InChI=1S/C13H18N2O4/c1-19-9-7-15(6-8-16)13(18)11-4-2-10(3-5-11)12(14)17/h2-5,16H,6-9H2,1H3,(H2,14,17). The third-order valence-electron chi connectivity index (χ3n) is 2.64. The van der Waals surface area contributed by atoms with Crippen molar-refractivity contribution in [3.8, 4) is 0 Å². The van der Waals surface area contributed by atoms with Gasteiger partial charge in [0, 0.05) is 31.3 Å². The molecule has 0 aliphatic rings. The van der Waals surface area contributed by atoms with Crippen molar-refractivity contribution in [1.29, 1.82) is 0 Å². The summed E-state index contributed by atoms with van der Waals surface area (Å²) in [5.74, 6) is -0.757. The Kier molecular flexibility index (Phi) is 5.98. The number of benzene rings is 1. The van der Waals surface area contributed by atoms with Gasteiger partial charge < -0.3 is 20.5 Å². The molecular weight excluding hydrogens is 248 g/mol. The first-order valence-electron chi connectivity index (χ1n) is 5.89. The number of nitrogens with zero attached hydrogens (tertiary/aromatic N) is 1.